The van der Waals surface area contributed by atoms with Crippen molar-refractivity contribution in [1.29, 1.82) is 0 Å². The van der Waals surface area contributed by atoms with Crippen molar-refractivity contribution < 1.29 is 4.39 Å². The van der Waals surface area contributed by atoms with Crippen LogP contribution in [0.5, 0.6) is 0 Å². The Hall–Kier alpha value is -2.29. The summed E-state index contributed by atoms with van der Waals surface area (Å²) in [7, 11) is 1.70. The summed E-state index contributed by atoms with van der Waals surface area (Å²) < 4.78 is 17.9. The number of fused-ring (bicyclic) bond motifs is 1. The lowest BCUT2D eigenvalue weighted by atomic mass is 10.2. The quantitative estimate of drug-likeness (QED) is 0.252. The lowest BCUT2D eigenvalue weighted by Gasteiger charge is -2.09. The van der Waals surface area contributed by atoms with E-state index in [1.807, 2.05) is 41.8 Å². The molecule has 0 unspecified atom stereocenters. The van der Waals surface area contributed by atoms with Crippen LogP contribution in [-0.4, -0.2) is 14.1 Å². The summed E-state index contributed by atoms with van der Waals surface area (Å²) in [5, 5.41) is 0.565. The SMILES string of the molecule is Cc1ccc(-n2c(=S)sc3c(=O)n(C)c(SCc4cccc(F)c4)nc32)cc1. The number of rotatable bonds is 4. The zero-order valence-electron chi connectivity index (χ0n) is 15.2. The second-order valence-corrected chi connectivity index (χ2v) is 8.96. The Morgan fingerprint density at radius 2 is 1.96 bits per heavy atom. The molecule has 2 aromatic heterocycles. The number of nitrogens with zero attached hydrogens (tertiary/aromatic N) is 3. The molecule has 2 heterocycles. The monoisotopic (exact) mass is 429 g/mol. The maximum Gasteiger partial charge on any atom is 0.273 e. The summed E-state index contributed by atoms with van der Waals surface area (Å²) in [5.74, 6) is 0.236. The molecular weight excluding hydrogens is 413 g/mol. The van der Waals surface area contributed by atoms with Crippen LogP contribution < -0.4 is 5.56 Å². The average Bonchev–Trinajstić information content (AvgIpc) is 3.00. The molecule has 8 heteroatoms. The van der Waals surface area contributed by atoms with Gasteiger partial charge in [0.25, 0.3) is 5.56 Å². The highest BCUT2D eigenvalue weighted by atomic mass is 32.2. The number of benzene rings is 2. The number of thioether (sulfide) groups is 1. The van der Waals surface area contributed by atoms with Crippen LogP contribution in [0.3, 0.4) is 0 Å². The Bertz CT molecular complexity index is 1290. The minimum absolute atomic E-state index is 0.131. The molecule has 142 valence electrons. The van der Waals surface area contributed by atoms with Crippen LogP contribution in [0.2, 0.25) is 0 Å². The van der Waals surface area contributed by atoms with E-state index < -0.39 is 0 Å². The predicted octanol–water partition coefficient (Wildman–Crippen LogP) is 5.26. The van der Waals surface area contributed by atoms with Crippen molar-refractivity contribution in [3.63, 3.8) is 0 Å². The lowest BCUT2D eigenvalue weighted by molar-refractivity contribution is 0.626. The normalized spacial score (nSPS) is 11.2. The molecule has 0 spiro atoms. The molecule has 0 N–H and O–H groups in total. The van der Waals surface area contributed by atoms with Gasteiger partial charge in [-0.15, -0.1) is 0 Å². The second kappa shape index (κ2) is 7.62. The van der Waals surface area contributed by atoms with E-state index in [2.05, 4.69) is 0 Å². The molecule has 4 rings (SSSR count). The fourth-order valence-electron chi connectivity index (χ4n) is 2.84. The van der Waals surface area contributed by atoms with E-state index in [-0.39, 0.29) is 11.4 Å². The largest absolute Gasteiger partial charge is 0.289 e. The summed E-state index contributed by atoms with van der Waals surface area (Å²) in [6.07, 6.45) is 0. The average molecular weight is 430 g/mol. The van der Waals surface area contributed by atoms with Gasteiger partial charge < -0.3 is 0 Å². The third kappa shape index (κ3) is 3.55. The van der Waals surface area contributed by atoms with Crippen molar-refractivity contribution >= 4 is 45.7 Å². The summed E-state index contributed by atoms with van der Waals surface area (Å²) in [5.41, 5.74) is 3.28. The van der Waals surface area contributed by atoms with E-state index in [0.29, 0.717) is 25.2 Å². The Labute approximate surface area is 174 Å². The minimum atomic E-state index is -0.277. The first-order valence-electron chi connectivity index (χ1n) is 8.51. The summed E-state index contributed by atoms with van der Waals surface area (Å²) >= 11 is 8.18. The smallest absolute Gasteiger partial charge is 0.273 e. The van der Waals surface area contributed by atoms with E-state index in [4.69, 9.17) is 17.2 Å². The predicted molar refractivity (Wildman–Crippen MR) is 116 cm³/mol. The van der Waals surface area contributed by atoms with Crippen LogP contribution in [-0.2, 0) is 12.8 Å². The van der Waals surface area contributed by atoms with Crippen molar-refractivity contribution in [2.45, 2.75) is 17.8 Å². The highest BCUT2D eigenvalue weighted by Crippen LogP contribution is 2.27. The lowest BCUT2D eigenvalue weighted by Crippen LogP contribution is -2.19. The number of thiazole rings is 1. The van der Waals surface area contributed by atoms with Crippen LogP contribution in [0.4, 0.5) is 4.39 Å². The van der Waals surface area contributed by atoms with E-state index in [0.717, 1.165) is 16.8 Å². The Morgan fingerprint density at radius 1 is 1.21 bits per heavy atom. The second-order valence-electron chi connectivity index (χ2n) is 6.37. The van der Waals surface area contributed by atoms with Gasteiger partial charge in [0, 0.05) is 18.5 Å². The molecular formula is C20H16FN3OS3. The number of aromatic nitrogens is 3. The molecule has 2 aromatic carbocycles. The topological polar surface area (TPSA) is 39.8 Å². The highest BCUT2D eigenvalue weighted by Gasteiger charge is 2.16. The molecule has 4 aromatic rings. The molecule has 0 radical (unpaired) electrons. The van der Waals surface area contributed by atoms with Crippen molar-refractivity contribution in [3.05, 3.63) is 79.8 Å². The van der Waals surface area contributed by atoms with Crippen molar-refractivity contribution in [1.82, 2.24) is 14.1 Å². The van der Waals surface area contributed by atoms with Crippen LogP contribution in [0.1, 0.15) is 11.1 Å². The zero-order chi connectivity index (χ0) is 19.8. The first kappa shape index (κ1) is 19.0. The van der Waals surface area contributed by atoms with Crippen LogP contribution in [0.15, 0.2) is 58.5 Å². The number of halogens is 1. The Kier molecular flexibility index (Phi) is 5.18. The molecule has 4 nitrogen and oxygen atoms in total. The van der Waals surface area contributed by atoms with Gasteiger partial charge in [0.05, 0.1) is 0 Å². The van der Waals surface area contributed by atoms with Crippen LogP contribution >= 0.6 is 35.3 Å². The molecule has 0 aliphatic carbocycles. The molecule has 0 atom stereocenters. The summed E-state index contributed by atoms with van der Waals surface area (Å²) in [6.45, 7) is 2.02. The molecule has 0 saturated heterocycles. The molecule has 0 amide bonds. The maximum atomic E-state index is 13.4. The van der Waals surface area contributed by atoms with Crippen LogP contribution in [0.25, 0.3) is 16.0 Å². The molecule has 0 saturated carbocycles. The first-order valence-corrected chi connectivity index (χ1v) is 10.7. The molecule has 0 bridgehead atoms. The molecule has 28 heavy (non-hydrogen) atoms. The third-order valence-corrected chi connectivity index (χ3v) is 6.78. The van der Waals surface area contributed by atoms with Crippen LogP contribution in [0, 0.1) is 16.7 Å². The highest BCUT2D eigenvalue weighted by molar-refractivity contribution is 7.98. The first-order chi connectivity index (χ1) is 13.4. The fraction of sp³-hybridized carbons (Fsp3) is 0.150. The van der Waals surface area contributed by atoms with Crippen molar-refractivity contribution in [3.8, 4) is 5.69 Å². The van der Waals surface area contributed by atoms with Crippen molar-refractivity contribution in [2.24, 2.45) is 7.05 Å². The minimum Gasteiger partial charge on any atom is -0.289 e. The van der Waals surface area contributed by atoms with Gasteiger partial charge in [0.2, 0.25) is 0 Å². The Balaban J connectivity index is 1.81. The summed E-state index contributed by atoms with van der Waals surface area (Å²) in [4.78, 5) is 17.6. The maximum absolute atomic E-state index is 13.4. The van der Waals surface area contributed by atoms with Gasteiger partial charge in [-0.05, 0) is 49.0 Å². The third-order valence-electron chi connectivity index (χ3n) is 4.32. The van der Waals surface area contributed by atoms with E-state index in [1.165, 1.54) is 39.8 Å². The van der Waals surface area contributed by atoms with Gasteiger partial charge in [-0.25, -0.2) is 9.37 Å². The standard InChI is InChI=1S/C20H16FN3OS3/c1-12-6-8-15(9-7-12)24-17-16(28-20(24)26)18(25)23(2)19(22-17)27-11-13-4-3-5-14(21)10-13/h3-10H,11H2,1-2H3. The Morgan fingerprint density at radius 3 is 2.68 bits per heavy atom. The van der Waals surface area contributed by atoms with Gasteiger partial charge in [-0.1, -0.05) is 52.9 Å². The van der Waals surface area contributed by atoms with Gasteiger partial charge in [0.1, 0.15) is 10.5 Å². The van der Waals surface area contributed by atoms with E-state index >= 15 is 0 Å². The number of hydrogen-bond acceptors (Lipinski definition) is 5. The van der Waals surface area contributed by atoms with Gasteiger partial charge >= 0.3 is 0 Å². The van der Waals surface area contributed by atoms with Crippen molar-refractivity contribution in [2.75, 3.05) is 0 Å². The molecule has 0 aliphatic heterocycles. The molecule has 0 fully saturated rings. The van der Waals surface area contributed by atoms with E-state index in [1.54, 1.807) is 13.1 Å². The fourth-order valence-corrected chi connectivity index (χ4v) is 5.09. The van der Waals surface area contributed by atoms with Gasteiger partial charge in [-0.2, -0.15) is 0 Å². The number of hydrogen-bond donors (Lipinski definition) is 0. The van der Waals surface area contributed by atoms with E-state index in [9.17, 15) is 9.18 Å². The molecule has 0 aliphatic rings. The summed E-state index contributed by atoms with van der Waals surface area (Å²) in [6, 6.07) is 14.4. The van der Waals surface area contributed by atoms with Gasteiger partial charge in [0.15, 0.2) is 14.8 Å². The number of aryl methyl sites for hydroxylation is 1. The zero-order valence-corrected chi connectivity index (χ0v) is 17.6. The van der Waals surface area contributed by atoms with Gasteiger partial charge in [-0.3, -0.25) is 13.9 Å².